The normalized spacial score (nSPS) is 14.2. The van der Waals surface area contributed by atoms with Gasteiger partial charge in [-0.3, -0.25) is 19.9 Å². The van der Waals surface area contributed by atoms with Crippen LogP contribution < -0.4 is 61.1 Å². The van der Waals surface area contributed by atoms with Crippen LogP contribution in [0, 0.1) is 0 Å². The van der Waals surface area contributed by atoms with Gasteiger partial charge in [0.05, 0.1) is 45.5 Å². The Morgan fingerprint density at radius 2 is 0.533 bits per heavy atom. The van der Waals surface area contributed by atoms with Crippen molar-refractivity contribution in [1.82, 2.24) is 19.9 Å². The lowest BCUT2D eigenvalue weighted by Gasteiger charge is -2.41. The largest absolute Gasteiger partial charge is 0.306 e. The highest BCUT2D eigenvalue weighted by Crippen LogP contribution is 2.58. The van der Waals surface area contributed by atoms with E-state index in [1.54, 1.807) is 0 Å². The van der Waals surface area contributed by atoms with Crippen molar-refractivity contribution >= 4 is 147 Å². The van der Waals surface area contributed by atoms with Crippen molar-refractivity contribution in [1.29, 1.82) is 0 Å². The maximum atomic E-state index is 4.82. The van der Waals surface area contributed by atoms with Crippen LogP contribution in [0.15, 0.2) is 329 Å². The molecule has 19 rings (SSSR count). The number of pyridine rings is 4. The van der Waals surface area contributed by atoms with E-state index >= 15 is 0 Å². The molecule has 0 radical (unpaired) electrons. The lowest BCUT2D eigenvalue weighted by atomic mass is 9.98. The first-order chi connectivity index (χ1) is 45.6. The van der Waals surface area contributed by atoms with E-state index in [4.69, 9.17) is 19.9 Å². The summed E-state index contributed by atoms with van der Waals surface area (Å²) in [5.41, 5.74) is 18.2. The minimum Gasteiger partial charge on any atom is -0.306 e. The van der Waals surface area contributed by atoms with E-state index in [1.807, 2.05) is 24.8 Å². The quantitative estimate of drug-likeness (QED) is 0.110. The van der Waals surface area contributed by atoms with E-state index in [9.17, 15) is 0 Å². The van der Waals surface area contributed by atoms with Gasteiger partial charge in [-0.25, -0.2) is 0 Å². The molecule has 4 aliphatic rings. The van der Waals surface area contributed by atoms with Crippen LogP contribution in [-0.4, -0.2) is 36.1 Å². The molecular formula is C82H54N8Si2. The molecule has 0 bridgehead atoms. The number of benzene rings is 11. The molecule has 4 aromatic heterocycles. The Kier molecular flexibility index (Phi) is 11.5. The molecule has 0 fully saturated rings. The molecule has 0 saturated carbocycles. The Balaban J connectivity index is 0.795. The van der Waals surface area contributed by atoms with Crippen molar-refractivity contribution in [2.45, 2.75) is 0 Å². The highest BCUT2D eigenvalue weighted by Gasteiger charge is 2.52. The minimum atomic E-state index is -2.99. The van der Waals surface area contributed by atoms with E-state index in [-0.39, 0.29) is 0 Å². The second kappa shape index (κ2) is 20.4. The van der Waals surface area contributed by atoms with Crippen LogP contribution in [0.5, 0.6) is 0 Å². The third-order valence-corrected chi connectivity index (χ3v) is 29.2. The van der Waals surface area contributed by atoms with Crippen molar-refractivity contribution in [2.24, 2.45) is 0 Å². The summed E-state index contributed by atoms with van der Waals surface area (Å²) in [6.45, 7) is 0. The van der Waals surface area contributed by atoms with E-state index in [0.29, 0.717) is 0 Å². The van der Waals surface area contributed by atoms with Crippen molar-refractivity contribution in [3.8, 4) is 22.3 Å². The fourth-order valence-corrected chi connectivity index (χ4v) is 26.0. The number of para-hydroxylation sites is 6. The zero-order chi connectivity index (χ0) is 60.5. The van der Waals surface area contributed by atoms with Crippen LogP contribution >= 0.6 is 0 Å². The number of fused-ring (bicyclic) bond motifs is 12. The van der Waals surface area contributed by atoms with Crippen LogP contribution in [0.25, 0.3) is 43.8 Å². The molecule has 0 N–H and O–H groups in total. The third kappa shape index (κ3) is 7.44. The predicted octanol–water partition coefficient (Wildman–Crippen LogP) is 14.8. The standard InChI is InChI=1S/C82H54N8Si2/c1-3-19-59(20-4-1)87-71-29-9-11-31-73(71)89(77-49-81-69(47-75(77)87)67-27-7-13-33-79(67)91(81,63-23-15-39-83-51-63)64-24-16-40-84-52-64)61-37-35-55-44-58-46-62(38-36-56(58)43-57(55)45-61)90-74-32-12-10-30-72(74)88(60-21-5-2-6-22-60)76-48-70-68-28-8-14-34-80(68)92(82(70)50-78(76)90,65-25-17-41-85-53-65)66-26-18-42-86-54-66/h1-54H. The van der Waals surface area contributed by atoms with Gasteiger partial charge >= 0.3 is 0 Å². The van der Waals surface area contributed by atoms with Crippen LogP contribution in [0.2, 0.25) is 0 Å². The number of hydrogen-bond acceptors (Lipinski definition) is 8. The third-order valence-electron chi connectivity index (χ3n) is 19.7. The Morgan fingerprint density at radius 3 is 0.891 bits per heavy atom. The summed E-state index contributed by atoms with van der Waals surface area (Å²) in [4.78, 5) is 29.2. The SMILES string of the molecule is c1ccc(N2c3ccccc3N(c3ccc4cc5cc(N6c7ccccc7N(c7ccccc7)c7cc8c(cc76)[Si](c6cccnc6)(c6cccnc6)c6ccccc6-8)ccc5cc4c3)c3cc4c(cc32)-c2ccccc2[Si]4(c2cccnc2)c2cccnc2)cc1. The Hall–Kier alpha value is -11.8. The van der Waals surface area contributed by atoms with Gasteiger partial charge < -0.3 is 19.6 Å². The van der Waals surface area contributed by atoms with Gasteiger partial charge in [0.2, 0.25) is 0 Å². The second-order valence-electron chi connectivity index (χ2n) is 24.2. The van der Waals surface area contributed by atoms with Gasteiger partial charge in [0.25, 0.3) is 0 Å². The predicted molar refractivity (Wildman–Crippen MR) is 384 cm³/mol. The first kappa shape index (κ1) is 52.1. The van der Waals surface area contributed by atoms with Gasteiger partial charge in [0, 0.05) is 72.3 Å². The molecule has 15 aromatic rings. The van der Waals surface area contributed by atoms with Gasteiger partial charge in [0.1, 0.15) is 0 Å². The molecule has 0 unspecified atom stereocenters. The van der Waals surface area contributed by atoms with Crippen molar-refractivity contribution < 1.29 is 0 Å². The van der Waals surface area contributed by atoms with Crippen LogP contribution in [0.4, 0.5) is 68.2 Å². The van der Waals surface area contributed by atoms with Crippen molar-refractivity contribution in [2.75, 3.05) is 19.6 Å². The smallest absolute Gasteiger partial charge is 0.184 e. The first-order valence-corrected chi connectivity index (χ1v) is 35.3. The summed E-state index contributed by atoms with van der Waals surface area (Å²) in [7, 11) is -5.98. The van der Waals surface area contributed by atoms with Crippen LogP contribution in [0.3, 0.4) is 0 Å². The monoisotopic (exact) mass is 1210 g/mol. The summed E-state index contributed by atoms with van der Waals surface area (Å²) >= 11 is 0. The summed E-state index contributed by atoms with van der Waals surface area (Å²) in [6, 6.07) is 104. The molecule has 8 nitrogen and oxygen atoms in total. The molecule has 0 aliphatic carbocycles. The minimum absolute atomic E-state index is 1.08. The fraction of sp³-hybridized carbons (Fsp3) is 0. The van der Waals surface area contributed by atoms with E-state index < -0.39 is 16.1 Å². The Bertz CT molecular complexity index is 5030. The summed E-state index contributed by atoms with van der Waals surface area (Å²) in [5.74, 6) is 0. The maximum Gasteiger partial charge on any atom is 0.184 e. The average Bonchev–Trinajstić information content (AvgIpc) is 1.48. The molecule has 0 atom stereocenters. The van der Waals surface area contributed by atoms with E-state index in [1.165, 1.54) is 63.7 Å². The van der Waals surface area contributed by atoms with Gasteiger partial charge in [-0.1, -0.05) is 146 Å². The van der Waals surface area contributed by atoms with Crippen molar-refractivity contribution in [3.05, 3.63) is 329 Å². The van der Waals surface area contributed by atoms with E-state index in [0.717, 1.165) is 89.8 Å². The first-order valence-electron chi connectivity index (χ1n) is 31.3. The zero-order valence-electron chi connectivity index (χ0n) is 49.8. The second-order valence-corrected chi connectivity index (χ2v) is 31.7. The fourth-order valence-electron chi connectivity index (χ4n) is 16.0. The van der Waals surface area contributed by atoms with Crippen LogP contribution in [-0.2, 0) is 0 Å². The van der Waals surface area contributed by atoms with Crippen molar-refractivity contribution in [3.63, 3.8) is 0 Å². The van der Waals surface area contributed by atoms with Crippen LogP contribution in [0.1, 0.15) is 0 Å². The number of rotatable bonds is 8. The molecule has 92 heavy (non-hydrogen) atoms. The highest BCUT2D eigenvalue weighted by molar-refractivity contribution is 7.23. The number of aromatic nitrogens is 4. The Morgan fingerprint density at radius 1 is 0.207 bits per heavy atom. The summed E-state index contributed by atoms with van der Waals surface area (Å²) in [5, 5.41) is 14.9. The molecule has 0 saturated heterocycles. The zero-order valence-corrected chi connectivity index (χ0v) is 51.8. The lowest BCUT2D eigenvalue weighted by molar-refractivity contribution is 1.17. The maximum absolute atomic E-state index is 4.82. The summed E-state index contributed by atoms with van der Waals surface area (Å²) < 4.78 is 0. The molecular weight excluding hydrogens is 1150 g/mol. The summed E-state index contributed by atoms with van der Waals surface area (Å²) in [6.07, 6.45) is 15.9. The van der Waals surface area contributed by atoms with Gasteiger partial charge in [-0.05, 0) is 219 Å². The average molecular weight is 1210 g/mol. The number of nitrogens with zero attached hydrogens (tertiary/aromatic N) is 8. The van der Waals surface area contributed by atoms with Gasteiger partial charge in [-0.2, -0.15) is 0 Å². The van der Waals surface area contributed by atoms with Gasteiger partial charge in [0.15, 0.2) is 16.1 Å². The topological polar surface area (TPSA) is 64.5 Å². The molecule has 0 spiro atoms. The Labute approximate surface area is 534 Å². The van der Waals surface area contributed by atoms with E-state index in [2.05, 4.69) is 323 Å². The molecule has 8 heterocycles. The number of anilines is 12. The lowest BCUT2D eigenvalue weighted by Crippen LogP contribution is -2.73. The van der Waals surface area contributed by atoms with Gasteiger partial charge in [-0.15, -0.1) is 0 Å². The highest BCUT2D eigenvalue weighted by atomic mass is 28.3. The number of hydrogen-bond donors (Lipinski definition) is 0. The molecule has 430 valence electrons. The molecule has 11 aromatic carbocycles. The molecule has 4 aliphatic heterocycles. The molecule has 0 amide bonds. The molecule has 10 heteroatoms.